The number of fused-ring (bicyclic) bond motifs is 1. The number of unbranched alkanes of at least 4 members (excludes halogenated alkanes) is 4. The number of halogens is 1. The summed E-state index contributed by atoms with van der Waals surface area (Å²) in [7, 11) is -3.67. The number of anilines is 1. The molecule has 1 amide bonds. The second-order valence-electron chi connectivity index (χ2n) is 9.02. The third-order valence-electron chi connectivity index (χ3n) is 5.96. The van der Waals surface area contributed by atoms with Crippen LogP contribution in [-0.2, 0) is 11.1 Å². The number of rotatable bonds is 13. The second kappa shape index (κ2) is 13.0. The Labute approximate surface area is 234 Å². The normalized spacial score (nSPS) is 12.9. The minimum atomic E-state index is -3.67. The topological polar surface area (TPSA) is 119 Å². The first-order valence-electron chi connectivity index (χ1n) is 12.7. The first-order valence-corrected chi connectivity index (χ1v) is 16.1. The molecule has 0 saturated heterocycles. The van der Waals surface area contributed by atoms with Crippen molar-refractivity contribution in [2.75, 3.05) is 11.5 Å². The molecule has 202 valence electrons. The Balaban J connectivity index is 1.65. The van der Waals surface area contributed by atoms with Gasteiger partial charge in [-0.2, -0.15) is 5.10 Å². The number of aryl methyl sites for hydroxylation is 1. The number of aromatic nitrogens is 4. The lowest BCUT2D eigenvalue weighted by Gasteiger charge is -2.13. The molecular weight excluding hydrogens is 589 g/mol. The van der Waals surface area contributed by atoms with Crippen LogP contribution < -0.4 is 9.84 Å². The Hall–Kier alpha value is -2.59. The molecule has 0 radical (unpaired) electrons. The smallest absolute Gasteiger partial charge is 0.376 e. The van der Waals surface area contributed by atoms with E-state index in [4.69, 9.17) is 14.6 Å². The second-order valence-corrected chi connectivity index (χ2v) is 12.4. The van der Waals surface area contributed by atoms with Gasteiger partial charge in [-0.3, -0.25) is 4.79 Å². The van der Waals surface area contributed by atoms with Gasteiger partial charge in [-0.1, -0.05) is 39.5 Å². The highest BCUT2D eigenvalue weighted by Gasteiger charge is 2.21. The van der Waals surface area contributed by atoms with Crippen LogP contribution in [-0.4, -0.2) is 36.1 Å². The van der Waals surface area contributed by atoms with Gasteiger partial charge in [0.25, 0.3) is 5.91 Å². The van der Waals surface area contributed by atoms with E-state index >= 15 is 0 Å². The molecule has 1 aromatic carbocycles. The van der Waals surface area contributed by atoms with E-state index in [1.807, 2.05) is 17.7 Å². The van der Waals surface area contributed by atoms with E-state index in [-0.39, 0.29) is 12.1 Å². The van der Waals surface area contributed by atoms with Crippen LogP contribution in [0.15, 0.2) is 46.4 Å². The maximum absolute atomic E-state index is 12.7. The zero-order chi connectivity index (χ0) is 27.1. The molecule has 3 heterocycles. The number of benzene rings is 1. The Morgan fingerprint density at radius 1 is 1.16 bits per heavy atom. The van der Waals surface area contributed by atoms with Crippen LogP contribution in [0.2, 0.25) is 0 Å². The number of nitrogens with zero attached hydrogens (tertiary/aromatic N) is 4. The van der Waals surface area contributed by atoms with Gasteiger partial charge in [-0.05, 0) is 70.6 Å². The van der Waals surface area contributed by atoms with Gasteiger partial charge < -0.3 is 14.7 Å². The van der Waals surface area contributed by atoms with E-state index in [0.29, 0.717) is 41.4 Å². The lowest BCUT2D eigenvalue weighted by Crippen LogP contribution is -2.12. The molecule has 0 aliphatic rings. The van der Waals surface area contributed by atoms with Gasteiger partial charge in [0, 0.05) is 22.0 Å². The molecular formula is C26H31BrN5O4PS. The average Bonchev–Trinajstić information content (AvgIpc) is 3.53. The van der Waals surface area contributed by atoms with Crippen LogP contribution in [0, 0.1) is 0 Å². The molecule has 1 unspecified atom stereocenters. The Kier molecular flexibility index (Phi) is 9.70. The van der Waals surface area contributed by atoms with E-state index in [2.05, 4.69) is 32.5 Å². The maximum atomic E-state index is 12.7. The summed E-state index contributed by atoms with van der Waals surface area (Å²) in [6, 6.07) is 8.85. The largest absolute Gasteiger partial charge is 0.424 e. The molecule has 0 aliphatic heterocycles. The Bertz CT molecular complexity index is 1430. The fourth-order valence-corrected chi connectivity index (χ4v) is 6.22. The van der Waals surface area contributed by atoms with Crippen molar-refractivity contribution in [3.8, 4) is 17.0 Å². The van der Waals surface area contributed by atoms with Crippen molar-refractivity contribution in [2.45, 2.75) is 58.9 Å². The maximum Gasteiger partial charge on any atom is 0.376 e. The number of carbonyl (C=O) groups is 1. The highest BCUT2D eigenvalue weighted by Crippen LogP contribution is 2.43. The molecule has 0 bridgehead atoms. The van der Waals surface area contributed by atoms with Crippen molar-refractivity contribution in [1.82, 2.24) is 19.1 Å². The van der Waals surface area contributed by atoms with Crippen LogP contribution in [0.4, 0.5) is 5.82 Å². The van der Waals surface area contributed by atoms with E-state index in [0.717, 1.165) is 28.3 Å². The van der Waals surface area contributed by atoms with Crippen molar-refractivity contribution in [3.05, 3.63) is 51.9 Å². The van der Waals surface area contributed by atoms with Crippen molar-refractivity contribution in [3.63, 3.8) is 0 Å². The number of amides is 1. The third kappa shape index (κ3) is 7.08. The van der Waals surface area contributed by atoms with Crippen LogP contribution >= 0.6 is 35.1 Å². The number of carbonyl (C=O) groups excluding carboxylic acids is 1. The van der Waals surface area contributed by atoms with Crippen molar-refractivity contribution >= 4 is 57.8 Å². The summed E-state index contributed by atoms with van der Waals surface area (Å²) in [5.74, 6) is 0.506. The quantitative estimate of drug-likeness (QED) is 0.117. The summed E-state index contributed by atoms with van der Waals surface area (Å²) in [6.45, 7) is 4.70. The summed E-state index contributed by atoms with van der Waals surface area (Å²) < 4.78 is 24.1. The summed E-state index contributed by atoms with van der Waals surface area (Å²) in [4.78, 5) is 27.6. The molecule has 0 spiro atoms. The molecule has 3 aromatic heterocycles. The molecule has 38 heavy (non-hydrogen) atoms. The molecule has 1 atom stereocenters. The highest BCUT2D eigenvalue weighted by molar-refractivity contribution is 9.10. The van der Waals surface area contributed by atoms with Crippen LogP contribution in [0.25, 0.3) is 22.3 Å². The van der Waals surface area contributed by atoms with Crippen LogP contribution in [0.3, 0.4) is 0 Å². The first kappa shape index (κ1) is 28.4. The van der Waals surface area contributed by atoms with Gasteiger partial charge in [0.15, 0.2) is 11.5 Å². The van der Waals surface area contributed by atoms with Crippen molar-refractivity contribution in [2.24, 2.45) is 0 Å². The molecule has 9 nitrogen and oxygen atoms in total. The molecule has 4 rings (SSSR count). The molecule has 0 saturated carbocycles. The zero-order valence-electron chi connectivity index (χ0n) is 21.4. The fraction of sp³-hybridized carbons (Fsp3) is 0.385. The molecule has 0 aliphatic carbocycles. The summed E-state index contributed by atoms with van der Waals surface area (Å²) in [5.41, 5.74) is 2.65. The lowest BCUT2D eigenvalue weighted by atomic mass is 10.1. The molecule has 4 aromatic rings. The molecule has 2 N–H and O–H groups in total. The van der Waals surface area contributed by atoms with E-state index in [1.165, 1.54) is 37.0 Å². The van der Waals surface area contributed by atoms with Gasteiger partial charge in [0.05, 0.1) is 29.0 Å². The minimum Gasteiger partial charge on any atom is -0.424 e. The number of hydrogen-bond donors (Lipinski definition) is 2. The summed E-state index contributed by atoms with van der Waals surface area (Å²) in [6.07, 6.45) is 7.79. The summed E-state index contributed by atoms with van der Waals surface area (Å²) in [5, 5.41) is 10.0. The SMILES string of the molecule is CCCCCCCn1nc(NC(=O)c2cnsc2)c2cc(Br)c(-c3ccc(OP(=O)(O)CCC)cc3)nc21. The first-order chi connectivity index (χ1) is 18.3. The Morgan fingerprint density at radius 3 is 2.61 bits per heavy atom. The summed E-state index contributed by atoms with van der Waals surface area (Å²) >= 11 is 4.85. The van der Waals surface area contributed by atoms with Gasteiger partial charge in [-0.15, -0.1) is 0 Å². The minimum absolute atomic E-state index is 0.0999. The van der Waals surface area contributed by atoms with Gasteiger partial charge in [0.1, 0.15) is 5.75 Å². The Morgan fingerprint density at radius 2 is 1.92 bits per heavy atom. The fourth-order valence-electron chi connectivity index (χ4n) is 4.05. The third-order valence-corrected chi connectivity index (χ3v) is 8.66. The van der Waals surface area contributed by atoms with E-state index in [9.17, 15) is 14.3 Å². The standard InChI is InChI=1S/C26H31BrN5O4PS/c1-3-5-6-7-8-13-32-25-21(24(31-32)30-26(33)19-16-28-38-17-19)15-22(27)23(29-25)18-9-11-20(12-10-18)36-37(34,35)14-4-2/h9-12,15-17H,3-8,13-14H2,1-2H3,(H,34,35)(H,30,31,33). The van der Waals surface area contributed by atoms with Crippen molar-refractivity contribution < 1.29 is 18.8 Å². The van der Waals surface area contributed by atoms with Crippen molar-refractivity contribution in [1.29, 1.82) is 0 Å². The number of nitrogens with one attached hydrogen (secondary N) is 1. The predicted octanol–water partition coefficient (Wildman–Crippen LogP) is 7.51. The monoisotopic (exact) mass is 619 g/mol. The lowest BCUT2D eigenvalue weighted by molar-refractivity contribution is 0.102. The average molecular weight is 621 g/mol. The molecule has 0 fully saturated rings. The van der Waals surface area contributed by atoms with Gasteiger partial charge in [0.2, 0.25) is 0 Å². The van der Waals surface area contributed by atoms with Gasteiger partial charge in [-0.25, -0.2) is 18.6 Å². The van der Waals surface area contributed by atoms with Crippen LogP contribution in [0.1, 0.15) is 62.7 Å². The van der Waals surface area contributed by atoms with Crippen LogP contribution in [0.5, 0.6) is 5.75 Å². The number of hydrogen-bond acceptors (Lipinski definition) is 7. The van der Waals surface area contributed by atoms with E-state index < -0.39 is 7.60 Å². The highest BCUT2D eigenvalue weighted by atomic mass is 79.9. The molecule has 12 heteroatoms. The van der Waals surface area contributed by atoms with Gasteiger partial charge >= 0.3 is 7.60 Å². The predicted molar refractivity (Wildman–Crippen MR) is 155 cm³/mol. The number of pyridine rings is 1. The zero-order valence-corrected chi connectivity index (χ0v) is 24.7. The van der Waals surface area contributed by atoms with E-state index in [1.54, 1.807) is 29.6 Å².